The Hall–Kier alpha value is -1.10. The van der Waals surface area contributed by atoms with Crippen molar-refractivity contribution in [1.82, 2.24) is 10.2 Å². The quantitative estimate of drug-likeness (QED) is 0.725. The lowest BCUT2D eigenvalue weighted by molar-refractivity contribution is -0.146. The van der Waals surface area contributed by atoms with Crippen molar-refractivity contribution in [3.05, 3.63) is 0 Å². The van der Waals surface area contributed by atoms with Gasteiger partial charge in [-0.3, -0.25) is 9.59 Å². The van der Waals surface area contributed by atoms with Crippen LogP contribution in [0.5, 0.6) is 0 Å². The zero-order valence-corrected chi connectivity index (χ0v) is 10.0. The van der Waals surface area contributed by atoms with Crippen LogP contribution in [0, 0.1) is 11.8 Å². The molecule has 1 saturated heterocycles. The summed E-state index contributed by atoms with van der Waals surface area (Å²) in [5.74, 6) is -0.383. The maximum absolute atomic E-state index is 12.2. The van der Waals surface area contributed by atoms with Crippen LogP contribution in [0.4, 0.5) is 0 Å². The van der Waals surface area contributed by atoms with Crippen molar-refractivity contribution in [3.8, 4) is 0 Å². The first-order valence-electron chi connectivity index (χ1n) is 6.38. The first-order valence-corrected chi connectivity index (χ1v) is 6.38. The fraction of sp³-hybridized carbons (Fsp3) is 0.833. The van der Waals surface area contributed by atoms with Crippen LogP contribution >= 0.6 is 0 Å². The van der Waals surface area contributed by atoms with Crippen LogP contribution in [-0.4, -0.2) is 48.1 Å². The number of carbonyl (C=O) groups excluding carboxylic acids is 1. The van der Waals surface area contributed by atoms with Gasteiger partial charge >= 0.3 is 5.97 Å². The second-order valence-corrected chi connectivity index (χ2v) is 5.10. The third-order valence-corrected chi connectivity index (χ3v) is 3.46. The van der Waals surface area contributed by atoms with Crippen LogP contribution in [-0.2, 0) is 9.59 Å². The van der Waals surface area contributed by atoms with Gasteiger partial charge in [0.1, 0.15) is 6.54 Å². The number of aliphatic carboxylic acids is 1. The molecular weight excluding hydrogens is 220 g/mol. The van der Waals surface area contributed by atoms with Crippen LogP contribution in [0.25, 0.3) is 0 Å². The molecule has 2 aliphatic rings. The number of hydrogen-bond acceptors (Lipinski definition) is 3. The Bertz CT molecular complexity index is 296. The summed E-state index contributed by atoms with van der Waals surface area (Å²) in [6, 6.07) is 0. The van der Waals surface area contributed by atoms with E-state index in [1.54, 1.807) is 0 Å². The number of rotatable bonds is 5. The highest BCUT2D eigenvalue weighted by atomic mass is 16.4. The van der Waals surface area contributed by atoms with Gasteiger partial charge in [0.15, 0.2) is 0 Å². The molecule has 2 rings (SSSR count). The van der Waals surface area contributed by atoms with Crippen molar-refractivity contribution in [2.45, 2.75) is 25.7 Å². The summed E-state index contributed by atoms with van der Waals surface area (Å²) >= 11 is 0. The Morgan fingerprint density at radius 1 is 1.29 bits per heavy atom. The maximum Gasteiger partial charge on any atom is 0.323 e. The monoisotopic (exact) mass is 240 g/mol. The minimum atomic E-state index is -0.914. The Kier molecular flexibility index (Phi) is 3.99. The third kappa shape index (κ3) is 3.70. The van der Waals surface area contributed by atoms with Crippen molar-refractivity contribution >= 4 is 11.9 Å². The molecule has 0 aromatic rings. The highest BCUT2D eigenvalue weighted by Gasteiger charge is 2.31. The highest BCUT2D eigenvalue weighted by Crippen LogP contribution is 2.30. The molecule has 0 bridgehead atoms. The molecule has 0 aromatic carbocycles. The lowest BCUT2D eigenvalue weighted by atomic mass is 9.98. The van der Waals surface area contributed by atoms with E-state index in [1.165, 1.54) is 4.90 Å². The highest BCUT2D eigenvalue weighted by molar-refractivity contribution is 5.83. The molecular formula is C12H20N2O3. The summed E-state index contributed by atoms with van der Waals surface area (Å²) in [4.78, 5) is 24.5. The molecule has 0 aromatic heterocycles. The van der Waals surface area contributed by atoms with E-state index >= 15 is 0 Å². The van der Waals surface area contributed by atoms with E-state index in [9.17, 15) is 9.59 Å². The number of nitrogens with zero attached hydrogens (tertiary/aromatic N) is 1. The number of amides is 1. The van der Waals surface area contributed by atoms with Gasteiger partial charge in [0, 0.05) is 13.1 Å². The molecule has 2 N–H and O–H groups in total. The minimum absolute atomic E-state index is 0.0199. The fourth-order valence-corrected chi connectivity index (χ4v) is 2.33. The van der Waals surface area contributed by atoms with Gasteiger partial charge in [-0.05, 0) is 38.1 Å². The molecule has 0 radical (unpaired) electrons. The average Bonchev–Trinajstić information content (AvgIpc) is 3.12. The first kappa shape index (κ1) is 12.4. The van der Waals surface area contributed by atoms with Gasteiger partial charge < -0.3 is 15.3 Å². The summed E-state index contributed by atoms with van der Waals surface area (Å²) in [7, 11) is 0. The smallest absolute Gasteiger partial charge is 0.323 e. The number of carboxylic acid groups (broad SMARTS) is 1. The molecule has 0 unspecified atom stereocenters. The van der Waals surface area contributed by atoms with Gasteiger partial charge in [0.05, 0.1) is 5.92 Å². The molecule has 17 heavy (non-hydrogen) atoms. The van der Waals surface area contributed by atoms with E-state index in [0.29, 0.717) is 19.0 Å². The molecule has 1 amide bonds. The standard InChI is InChI=1S/C12H20N2O3/c15-11(16)8-14(7-9-3-4-9)12(17)10-2-1-5-13-6-10/h9-10,13H,1-8H2,(H,15,16)/t10-/m1/s1. The van der Waals surface area contributed by atoms with Crippen LogP contribution in [0.15, 0.2) is 0 Å². The molecule has 1 heterocycles. The molecule has 5 heteroatoms. The molecule has 96 valence electrons. The molecule has 5 nitrogen and oxygen atoms in total. The van der Waals surface area contributed by atoms with Crippen molar-refractivity contribution in [2.24, 2.45) is 11.8 Å². The largest absolute Gasteiger partial charge is 0.480 e. The van der Waals surface area contributed by atoms with Crippen molar-refractivity contribution in [2.75, 3.05) is 26.2 Å². The fourth-order valence-electron chi connectivity index (χ4n) is 2.33. The summed E-state index contributed by atoms with van der Waals surface area (Å²) in [6.45, 7) is 2.14. The molecule has 1 atom stereocenters. The van der Waals surface area contributed by atoms with E-state index in [-0.39, 0.29) is 18.4 Å². The van der Waals surface area contributed by atoms with Crippen LogP contribution in [0.3, 0.4) is 0 Å². The molecule has 1 saturated carbocycles. The van der Waals surface area contributed by atoms with Gasteiger partial charge in [0.2, 0.25) is 5.91 Å². The lowest BCUT2D eigenvalue weighted by Crippen LogP contribution is -2.45. The number of carboxylic acids is 1. The van der Waals surface area contributed by atoms with E-state index in [4.69, 9.17) is 5.11 Å². The van der Waals surface area contributed by atoms with Gasteiger partial charge in [-0.1, -0.05) is 0 Å². The molecule has 1 aliphatic heterocycles. The minimum Gasteiger partial charge on any atom is -0.480 e. The van der Waals surface area contributed by atoms with Crippen molar-refractivity contribution < 1.29 is 14.7 Å². The predicted octanol–water partition coefficient (Wildman–Crippen LogP) is 0.309. The Labute approximate surface area is 101 Å². The predicted molar refractivity (Wildman–Crippen MR) is 62.5 cm³/mol. The van der Waals surface area contributed by atoms with Crippen molar-refractivity contribution in [1.29, 1.82) is 0 Å². The second kappa shape index (κ2) is 5.49. The Balaban J connectivity index is 1.91. The maximum atomic E-state index is 12.2. The lowest BCUT2D eigenvalue weighted by Gasteiger charge is -2.28. The number of carbonyl (C=O) groups is 2. The van der Waals surface area contributed by atoms with E-state index in [2.05, 4.69) is 5.32 Å². The van der Waals surface area contributed by atoms with Gasteiger partial charge in [-0.2, -0.15) is 0 Å². The normalized spacial score (nSPS) is 24.4. The molecule has 2 fully saturated rings. The number of piperidine rings is 1. The molecule has 0 spiro atoms. The first-order chi connectivity index (χ1) is 8.16. The van der Waals surface area contributed by atoms with E-state index < -0.39 is 5.97 Å². The SMILES string of the molecule is O=C(O)CN(CC1CC1)C(=O)[C@@H]1CCCNC1. The van der Waals surface area contributed by atoms with Gasteiger partial charge in [-0.25, -0.2) is 0 Å². The summed E-state index contributed by atoms with van der Waals surface area (Å²) in [6.07, 6.45) is 4.14. The van der Waals surface area contributed by atoms with Crippen LogP contribution in [0.2, 0.25) is 0 Å². The number of nitrogens with one attached hydrogen (secondary N) is 1. The van der Waals surface area contributed by atoms with Gasteiger partial charge in [0.25, 0.3) is 0 Å². The average molecular weight is 240 g/mol. The Morgan fingerprint density at radius 3 is 2.59 bits per heavy atom. The van der Waals surface area contributed by atoms with E-state index in [1.807, 2.05) is 0 Å². The zero-order valence-electron chi connectivity index (χ0n) is 10.0. The number of hydrogen-bond donors (Lipinski definition) is 2. The molecule has 1 aliphatic carbocycles. The van der Waals surface area contributed by atoms with Gasteiger partial charge in [-0.15, -0.1) is 0 Å². The Morgan fingerprint density at radius 2 is 2.06 bits per heavy atom. The van der Waals surface area contributed by atoms with E-state index in [0.717, 1.165) is 32.2 Å². The third-order valence-electron chi connectivity index (χ3n) is 3.46. The summed E-state index contributed by atoms with van der Waals surface area (Å²) < 4.78 is 0. The summed E-state index contributed by atoms with van der Waals surface area (Å²) in [5.41, 5.74) is 0. The van der Waals surface area contributed by atoms with Crippen LogP contribution in [0.1, 0.15) is 25.7 Å². The second-order valence-electron chi connectivity index (χ2n) is 5.10. The van der Waals surface area contributed by atoms with Crippen molar-refractivity contribution in [3.63, 3.8) is 0 Å². The zero-order chi connectivity index (χ0) is 12.3. The summed E-state index contributed by atoms with van der Waals surface area (Å²) in [5, 5.41) is 12.1. The van der Waals surface area contributed by atoms with Crippen LogP contribution < -0.4 is 5.32 Å². The topological polar surface area (TPSA) is 69.6 Å².